The van der Waals surface area contributed by atoms with Crippen molar-refractivity contribution in [3.05, 3.63) is 76.2 Å². The third-order valence-electron chi connectivity index (χ3n) is 6.53. The minimum absolute atomic E-state index is 0.00309. The molecule has 1 fully saturated rings. The van der Waals surface area contributed by atoms with Crippen molar-refractivity contribution in [1.82, 2.24) is 14.5 Å². The number of rotatable bonds is 8. The number of amides is 1. The van der Waals surface area contributed by atoms with Crippen LogP contribution in [0.2, 0.25) is 0 Å². The number of nitrogens with zero attached hydrogens (tertiary/aromatic N) is 3. The standard InChI is InChI=1S/C28H33N3O4/c1-21(27(33)30-18-9-2-3-10-19-30)35-26(32)16-15-24-28(34)31(20-17-22-11-5-4-6-12-22)25-14-8-7-13-23(25)29-24/h4-8,11-14,21H,2-3,9-10,15-20H2,1H3. The summed E-state index contributed by atoms with van der Waals surface area (Å²) >= 11 is 0. The summed E-state index contributed by atoms with van der Waals surface area (Å²) in [6.45, 7) is 3.56. The van der Waals surface area contributed by atoms with E-state index in [-0.39, 0.29) is 24.3 Å². The van der Waals surface area contributed by atoms with Crippen LogP contribution in [-0.4, -0.2) is 45.5 Å². The van der Waals surface area contributed by atoms with E-state index in [4.69, 9.17) is 4.74 Å². The highest BCUT2D eigenvalue weighted by atomic mass is 16.5. The van der Waals surface area contributed by atoms with Gasteiger partial charge in [-0.05, 0) is 43.9 Å². The largest absolute Gasteiger partial charge is 0.453 e. The maximum Gasteiger partial charge on any atom is 0.306 e. The van der Waals surface area contributed by atoms with Gasteiger partial charge in [0, 0.05) is 26.1 Å². The highest BCUT2D eigenvalue weighted by molar-refractivity contribution is 5.83. The van der Waals surface area contributed by atoms with Crippen LogP contribution in [0.4, 0.5) is 0 Å². The van der Waals surface area contributed by atoms with E-state index in [9.17, 15) is 14.4 Å². The molecule has 0 N–H and O–H groups in total. The number of ether oxygens (including phenoxy) is 1. The summed E-state index contributed by atoms with van der Waals surface area (Å²) in [4.78, 5) is 44.8. The Kier molecular flexibility index (Phi) is 8.29. The summed E-state index contributed by atoms with van der Waals surface area (Å²) in [7, 11) is 0. The molecule has 1 aliphatic heterocycles. The number of hydrogen-bond acceptors (Lipinski definition) is 5. The lowest BCUT2D eigenvalue weighted by Gasteiger charge is -2.24. The summed E-state index contributed by atoms with van der Waals surface area (Å²) in [6.07, 6.45) is 4.27. The minimum atomic E-state index is -0.826. The van der Waals surface area contributed by atoms with Crippen LogP contribution in [-0.2, 0) is 33.7 Å². The first-order valence-corrected chi connectivity index (χ1v) is 12.5. The summed E-state index contributed by atoms with van der Waals surface area (Å²) in [5, 5.41) is 0. The number of para-hydroxylation sites is 2. The zero-order valence-electron chi connectivity index (χ0n) is 20.3. The second-order valence-corrected chi connectivity index (χ2v) is 9.11. The maximum atomic E-state index is 13.3. The molecule has 1 aliphatic rings. The van der Waals surface area contributed by atoms with Crippen molar-refractivity contribution >= 4 is 22.9 Å². The number of esters is 1. The molecule has 4 rings (SSSR count). The summed E-state index contributed by atoms with van der Waals surface area (Å²) < 4.78 is 7.16. The molecule has 0 radical (unpaired) electrons. The van der Waals surface area contributed by atoms with Crippen molar-refractivity contribution in [2.75, 3.05) is 13.1 Å². The van der Waals surface area contributed by atoms with Crippen LogP contribution >= 0.6 is 0 Å². The van der Waals surface area contributed by atoms with Crippen LogP contribution in [0, 0.1) is 0 Å². The number of aryl methyl sites for hydroxylation is 3. The van der Waals surface area contributed by atoms with E-state index >= 15 is 0 Å². The highest BCUT2D eigenvalue weighted by Crippen LogP contribution is 2.14. The maximum absolute atomic E-state index is 13.3. The predicted octanol–water partition coefficient (Wildman–Crippen LogP) is 3.91. The molecule has 7 heteroatoms. The first-order valence-electron chi connectivity index (χ1n) is 12.5. The molecule has 184 valence electrons. The van der Waals surface area contributed by atoms with Gasteiger partial charge in [0.2, 0.25) is 0 Å². The van der Waals surface area contributed by atoms with Gasteiger partial charge in [0.15, 0.2) is 6.10 Å². The van der Waals surface area contributed by atoms with Crippen molar-refractivity contribution in [1.29, 1.82) is 0 Å². The molecular formula is C28H33N3O4. The molecule has 7 nitrogen and oxygen atoms in total. The first-order chi connectivity index (χ1) is 17.0. The number of carbonyl (C=O) groups excluding carboxylic acids is 2. The van der Waals surface area contributed by atoms with Gasteiger partial charge in [-0.2, -0.15) is 0 Å². The predicted molar refractivity (Wildman–Crippen MR) is 135 cm³/mol. The van der Waals surface area contributed by atoms with Crippen LogP contribution in [0.25, 0.3) is 11.0 Å². The molecule has 1 unspecified atom stereocenters. The van der Waals surface area contributed by atoms with Gasteiger partial charge in [-0.3, -0.25) is 14.4 Å². The molecule has 1 aromatic heterocycles. The van der Waals surface area contributed by atoms with Gasteiger partial charge in [0.05, 0.1) is 17.5 Å². The Morgan fingerprint density at radius 2 is 1.63 bits per heavy atom. The Morgan fingerprint density at radius 1 is 0.943 bits per heavy atom. The molecule has 1 atom stereocenters. The quantitative estimate of drug-likeness (QED) is 0.462. The monoisotopic (exact) mass is 475 g/mol. The fourth-order valence-electron chi connectivity index (χ4n) is 4.59. The molecule has 0 spiro atoms. The number of carbonyl (C=O) groups is 2. The van der Waals surface area contributed by atoms with Crippen molar-refractivity contribution in [2.45, 2.75) is 64.5 Å². The van der Waals surface area contributed by atoms with Gasteiger partial charge >= 0.3 is 5.97 Å². The van der Waals surface area contributed by atoms with Crippen LogP contribution in [0.3, 0.4) is 0 Å². The number of likely N-dealkylation sites (tertiary alicyclic amines) is 1. The molecule has 3 aromatic rings. The number of benzene rings is 2. The molecule has 0 aliphatic carbocycles. The topological polar surface area (TPSA) is 81.5 Å². The summed E-state index contributed by atoms with van der Waals surface area (Å²) in [5.74, 6) is -0.641. The van der Waals surface area contributed by atoms with Gasteiger partial charge in [-0.15, -0.1) is 0 Å². The summed E-state index contributed by atoms with van der Waals surface area (Å²) in [6, 6.07) is 17.6. The van der Waals surface area contributed by atoms with Gasteiger partial charge < -0.3 is 14.2 Å². The molecule has 1 amide bonds. The van der Waals surface area contributed by atoms with Gasteiger partial charge in [-0.1, -0.05) is 55.3 Å². The van der Waals surface area contributed by atoms with Gasteiger partial charge in [-0.25, -0.2) is 4.98 Å². The lowest BCUT2D eigenvalue weighted by atomic mass is 10.1. The lowest BCUT2D eigenvalue weighted by Crippen LogP contribution is -2.40. The Bertz CT molecular complexity index is 1210. The van der Waals surface area contributed by atoms with Crippen molar-refractivity contribution in [3.63, 3.8) is 0 Å². The SMILES string of the molecule is CC(OC(=O)CCc1nc2ccccc2n(CCc2ccccc2)c1=O)C(=O)N1CCCCCC1. The Morgan fingerprint density at radius 3 is 2.37 bits per heavy atom. The fraction of sp³-hybridized carbons (Fsp3) is 0.429. The first kappa shape index (κ1) is 24.6. The molecule has 0 bridgehead atoms. The third-order valence-corrected chi connectivity index (χ3v) is 6.53. The normalized spacial score (nSPS) is 14.9. The minimum Gasteiger partial charge on any atom is -0.453 e. The van der Waals surface area contributed by atoms with E-state index in [1.807, 2.05) is 54.6 Å². The second kappa shape index (κ2) is 11.8. The second-order valence-electron chi connectivity index (χ2n) is 9.11. The van der Waals surface area contributed by atoms with E-state index in [0.29, 0.717) is 37.3 Å². The van der Waals surface area contributed by atoms with Gasteiger partial charge in [0.1, 0.15) is 5.69 Å². The lowest BCUT2D eigenvalue weighted by molar-refractivity contribution is -0.159. The average Bonchev–Trinajstić information content (AvgIpc) is 3.17. The molecular weight excluding hydrogens is 442 g/mol. The number of fused-ring (bicyclic) bond motifs is 1. The fourth-order valence-corrected chi connectivity index (χ4v) is 4.59. The molecule has 1 saturated heterocycles. The smallest absolute Gasteiger partial charge is 0.306 e. The average molecular weight is 476 g/mol. The summed E-state index contributed by atoms with van der Waals surface area (Å²) in [5.41, 5.74) is 2.78. The van der Waals surface area contributed by atoms with Crippen LogP contribution < -0.4 is 5.56 Å². The zero-order valence-corrected chi connectivity index (χ0v) is 20.3. The van der Waals surface area contributed by atoms with E-state index in [1.54, 1.807) is 16.4 Å². The van der Waals surface area contributed by atoms with E-state index in [2.05, 4.69) is 4.98 Å². The Balaban J connectivity index is 1.43. The molecule has 2 heterocycles. The van der Waals surface area contributed by atoms with Crippen molar-refractivity contribution < 1.29 is 14.3 Å². The van der Waals surface area contributed by atoms with Gasteiger partial charge in [0.25, 0.3) is 11.5 Å². The highest BCUT2D eigenvalue weighted by Gasteiger charge is 2.24. The zero-order chi connectivity index (χ0) is 24.6. The van der Waals surface area contributed by atoms with Crippen LogP contribution in [0.5, 0.6) is 0 Å². The Labute approximate surface area is 205 Å². The number of hydrogen-bond donors (Lipinski definition) is 0. The van der Waals surface area contributed by atoms with E-state index in [1.165, 1.54) is 0 Å². The third kappa shape index (κ3) is 6.35. The molecule has 0 saturated carbocycles. The molecule has 35 heavy (non-hydrogen) atoms. The Hall–Kier alpha value is -3.48. The van der Waals surface area contributed by atoms with Crippen LogP contribution in [0.15, 0.2) is 59.4 Å². The van der Waals surface area contributed by atoms with E-state index in [0.717, 1.165) is 36.8 Å². The van der Waals surface area contributed by atoms with E-state index < -0.39 is 12.1 Å². The van der Waals surface area contributed by atoms with Crippen molar-refractivity contribution in [2.24, 2.45) is 0 Å². The number of aromatic nitrogens is 2. The molecule has 2 aromatic carbocycles. The van der Waals surface area contributed by atoms with Crippen molar-refractivity contribution in [3.8, 4) is 0 Å². The van der Waals surface area contributed by atoms with Crippen LogP contribution in [0.1, 0.15) is 50.3 Å².